The molecule has 0 bridgehead atoms. The number of hydrogen-bond donors (Lipinski definition) is 4. The van der Waals surface area contributed by atoms with Gasteiger partial charge in [-0.1, -0.05) is 30.3 Å². The summed E-state index contributed by atoms with van der Waals surface area (Å²) in [7, 11) is 0. The number of benzene rings is 2. The van der Waals surface area contributed by atoms with Crippen LogP contribution in [0.5, 0.6) is 11.5 Å². The summed E-state index contributed by atoms with van der Waals surface area (Å²) < 4.78 is 0. The normalized spacial score (nSPS) is 21.6. The molecule has 1 fully saturated rings. The van der Waals surface area contributed by atoms with E-state index in [9.17, 15) is 10.2 Å². The van der Waals surface area contributed by atoms with E-state index in [1.165, 1.54) is 17.7 Å². The molecule has 4 nitrogen and oxygen atoms in total. The average Bonchev–Trinajstić information content (AvgIpc) is 2.57. The minimum Gasteiger partial charge on any atom is -0.508 e. The molecule has 4 N–H and O–H groups in total. The zero-order valence-electron chi connectivity index (χ0n) is 12.5. The fourth-order valence-electron chi connectivity index (χ4n) is 3.07. The van der Waals surface area contributed by atoms with E-state index in [0.29, 0.717) is 12.6 Å². The molecule has 1 aliphatic rings. The zero-order valence-corrected chi connectivity index (χ0v) is 12.5. The van der Waals surface area contributed by atoms with E-state index < -0.39 is 0 Å². The molecular weight excluding hydrogens is 276 g/mol. The van der Waals surface area contributed by atoms with Crippen LogP contribution in [0, 0.1) is 0 Å². The van der Waals surface area contributed by atoms with Crippen LogP contribution in [0.2, 0.25) is 0 Å². The van der Waals surface area contributed by atoms with Crippen LogP contribution in [-0.2, 0) is 6.54 Å². The van der Waals surface area contributed by atoms with Crippen molar-refractivity contribution in [2.24, 2.45) is 0 Å². The van der Waals surface area contributed by atoms with Crippen LogP contribution in [0.1, 0.15) is 30.0 Å². The van der Waals surface area contributed by atoms with Gasteiger partial charge >= 0.3 is 0 Å². The SMILES string of the molecule is Oc1ccc(O)c(CNC2CCCNC2c2ccccc2)c1. The molecule has 0 aliphatic carbocycles. The lowest BCUT2D eigenvalue weighted by molar-refractivity contribution is 0.303. The Labute approximate surface area is 130 Å². The zero-order chi connectivity index (χ0) is 15.4. The Morgan fingerprint density at radius 3 is 2.73 bits per heavy atom. The van der Waals surface area contributed by atoms with Crippen LogP contribution in [0.4, 0.5) is 0 Å². The van der Waals surface area contributed by atoms with Crippen molar-refractivity contribution in [1.82, 2.24) is 10.6 Å². The Hall–Kier alpha value is -2.04. The fourth-order valence-corrected chi connectivity index (χ4v) is 3.07. The van der Waals surface area contributed by atoms with Gasteiger partial charge in [0.15, 0.2) is 0 Å². The number of rotatable bonds is 4. The third kappa shape index (κ3) is 3.40. The Balaban J connectivity index is 1.71. The predicted octanol–water partition coefficient (Wildman–Crippen LogP) is 2.68. The maximum absolute atomic E-state index is 9.88. The standard InChI is InChI=1S/C18H22N2O2/c21-15-8-9-17(22)14(11-15)12-20-16-7-4-10-19-18(16)13-5-2-1-3-6-13/h1-3,5-6,8-9,11,16,18-22H,4,7,10,12H2. The second-order valence-corrected chi connectivity index (χ2v) is 5.79. The quantitative estimate of drug-likeness (QED) is 0.655. The van der Waals surface area contributed by atoms with E-state index in [2.05, 4.69) is 34.9 Å². The van der Waals surface area contributed by atoms with E-state index in [0.717, 1.165) is 24.9 Å². The topological polar surface area (TPSA) is 64.5 Å². The van der Waals surface area contributed by atoms with Crippen molar-refractivity contribution in [3.8, 4) is 11.5 Å². The molecule has 3 rings (SSSR count). The largest absolute Gasteiger partial charge is 0.508 e. The highest BCUT2D eigenvalue weighted by molar-refractivity contribution is 5.38. The van der Waals surface area contributed by atoms with Gasteiger partial charge in [-0.2, -0.15) is 0 Å². The molecule has 0 aromatic heterocycles. The first kappa shape index (κ1) is 14.9. The van der Waals surface area contributed by atoms with Crippen molar-refractivity contribution in [3.63, 3.8) is 0 Å². The summed E-state index contributed by atoms with van der Waals surface area (Å²) in [5.74, 6) is 0.390. The van der Waals surface area contributed by atoms with E-state index in [-0.39, 0.29) is 17.5 Å². The first-order valence-corrected chi connectivity index (χ1v) is 7.76. The number of aromatic hydroxyl groups is 2. The van der Waals surface area contributed by atoms with Gasteiger partial charge in [0.25, 0.3) is 0 Å². The van der Waals surface area contributed by atoms with Crippen molar-refractivity contribution >= 4 is 0 Å². The summed E-state index contributed by atoms with van der Waals surface area (Å²) in [6.07, 6.45) is 2.22. The molecule has 2 aromatic rings. The first-order chi connectivity index (χ1) is 10.7. The lowest BCUT2D eigenvalue weighted by Gasteiger charge is -2.34. The molecule has 0 spiro atoms. The minimum absolute atomic E-state index is 0.177. The lowest BCUT2D eigenvalue weighted by atomic mass is 9.92. The molecule has 22 heavy (non-hydrogen) atoms. The Morgan fingerprint density at radius 1 is 1.09 bits per heavy atom. The summed E-state index contributed by atoms with van der Waals surface area (Å²) in [5.41, 5.74) is 2.00. The average molecular weight is 298 g/mol. The predicted molar refractivity (Wildman–Crippen MR) is 86.8 cm³/mol. The van der Waals surface area contributed by atoms with Crippen molar-refractivity contribution in [1.29, 1.82) is 0 Å². The van der Waals surface area contributed by atoms with E-state index in [1.54, 1.807) is 6.07 Å². The molecule has 0 amide bonds. The smallest absolute Gasteiger partial charge is 0.120 e. The number of piperidine rings is 1. The second kappa shape index (κ2) is 6.81. The Bertz CT molecular complexity index is 616. The van der Waals surface area contributed by atoms with Gasteiger partial charge in [0, 0.05) is 24.2 Å². The summed E-state index contributed by atoms with van der Waals surface area (Å²) in [6.45, 7) is 1.56. The van der Waals surface area contributed by atoms with Crippen LogP contribution < -0.4 is 10.6 Å². The molecule has 2 atom stereocenters. The van der Waals surface area contributed by atoms with Gasteiger partial charge in [-0.3, -0.25) is 0 Å². The van der Waals surface area contributed by atoms with Crippen molar-refractivity contribution in [3.05, 3.63) is 59.7 Å². The molecule has 1 saturated heterocycles. The van der Waals surface area contributed by atoms with Crippen molar-refractivity contribution in [2.45, 2.75) is 31.5 Å². The summed E-state index contributed by atoms with van der Waals surface area (Å²) in [4.78, 5) is 0. The second-order valence-electron chi connectivity index (χ2n) is 5.79. The Morgan fingerprint density at radius 2 is 1.91 bits per heavy atom. The molecule has 1 aliphatic heterocycles. The molecule has 4 heteroatoms. The third-order valence-electron chi connectivity index (χ3n) is 4.23. The maximum Gasteiger partial charge on any atom is 0.120 e. The molecular formula is C18H22N2O2. The lowest BCUT2D eigenvalue weighted by Crippen LogP contribution is -2.45. The van der Waals surface area contributed by atoms with Gasteiger partial charge in [-0.15, -0.1) is 0 Å². The van der Waals surface area contributed by atoms with Crippen LogP contribution in [0.15, 0.2) is 48.5 Å². The molecule has 116 valence electrons. The number of nitrogens with one attached hydrogen (secondary N) is 2. The summed E-state index contributed by atoms with van der Waals surface area (Å²) in [6, 6.07) is 15.6. The third-order valence-corrected chi connectivity index (χ3v) is 4.23. The van der Waals surface area contributed by atoms with Gasteiger partial charge in [-0.05, 0) is 43.1 Å². The van der Waals surface area contributed by atoms with Crippen LogP contribution >= 0.6 is 0 Å². The molecule has 2 unspecified atom stereocenters. The number of phenols is 2. The highest BCUT2D eigenvalue weighted by atomic mass is 16.3. The highest BCUT2D eigenvalue weighted by Gasteiger charge is 2.25. The molecule has 0 radical (unpaired) electrons. The Kier molecular flexibility index (Phi) is 4.61. The van der Waals surface area contributed by atoms with E-state index in [4.69, 9.17) is 0 Å². The molecule has 1 heterocycles. The van der Waals surface area contributed by atoms with E-state index in [1.807, 2.05) is 6.07 Å². The maximum atomic E-state index is 9.88. The molecule has 2 aromatic carbocycles. The number of hydrogen-bond acceptors (Lipinski definition) is 4. The fraction of sp³-hybridized carbons (Fsp3) is 0.333. The monoisotopic (exact) mass is 298 g/mol. The van der Waals surface area contributed by atoms with Crippen LogP contribution in [0.25, 0.3) is 0 Å². The van der Waals surface area contributed by atoms with Gasteiger partial charge in [0.1, 0.15) is 11.5 Å². The highest BCUT2D eigenvalue weighted by Crippen LogP contribution is 2.26. The first-order valence-electron chi connectivity index (χ1n) is 7.76. The van der Waals surface area contributed by atoms with Crippen LogP contribution in [0.3, 0.4) is 0 Å². The number of phenolic OH excluding ortho intramolecular Hbond substituents is 2. The summed E-state index contributed by atoms with van der Waals surface area (Å²) >= 11 is 0. The van der Waals surface area contributed by atoms with Gasteiger partial charge < -0.3 is 20.8 Å². The van der Waals surface area contributed by atoms with Crippen molar-refractivity contribution in [2.75, 3.05) is 6.54 Å². The van der Waals surface area contributed by atoms with E-state index >= 15 is 0 Å². The van der Waals surface area contributed by atoms with Gasteiger partial charge in [0.2, 0.25) is 0 Å². The minimum atomic E-state index is 0.177. The van der Waals surface area contributed by atoms with Gasteiger partial charge in [0.05, 0.1) is 0 Å². The van der Waals surface area contributed by atoms with Crippen molar-refractivity contribution < 1.29 is 10.2 Å². The van der Waals surface area contributed by atoms with Gasteiger partial charge in [-0.25, -0.2) is 0 Å². The molecule has 0 saturated carbocycles. The van der Waals surface area contributed by atoms with Crippen LogP contribution in [-0.4, -0.2) is 22.8 Å². The summed E-state index contributed by atoms with van der Waals surface area (Å²) in [5, 5.41) is 26.5.